The molecule has 0 aromatic rings. The van der Waals surface area contributed by atoms with E-state index in [0.717, 1.165) is 0 Å². The zero-order valence-corrected chi connectivity index (χ0v) is 13.1. The second-order valence-electron chi connectivity index (χ2n) is 5.61. The fraction of sp³-hybridized carbons (Fsp3) is 0.833. The lowest BCUT2D eigenvalue weighted by Crippen LogP contribution is -2.69. The average Bonchev–Trinajstić information content (AvgIpc) is 2.63. The normalized spacial score (nSPS) is 12.8. The summed E-state index contributed by atoms with van der Waals surface area (Å²) in [5.41, 5.74) is -3.13. The lowest BCUT2D eigenvalue weighted by molar-refractivity contribution is -0.211. The summed E-state index contributed by atoms with van der Waals surface area (Å²) in [5.74, 6) is 7.99. The van der Waals surface area contributed by atoms with Crippen LogP contribution in [0.25, 0.3) is 0 Å². The molecule has 0 aliphatic carbocycles. The van der Waals surface area contributed by atoms with Crippen molar-refractivity contribution in [2.45, 2.75) is 6.42 Å². The summed E-state index contributed by atoms with van der Waals surface area (Å²) in [4.78, 5) is 23.9. The molecular weight excluding hydrogens is 328 g/mol. The van der Waals surface area contributed by atoms with Gasteiger partial charge in [-0.1, -0.05) is 0 Å². The molecular formula is C12H26N4O8. The largest absolute Gasteiger partial charge is 0.396 e. The Balaban J connectivity index is 6.63. The fourth-order valence-corrected chi connectivity index (χ4v) is 3.04. The number of aliphatic hydroxyl groups excluding tert-OH is 6. The zero-order valence-electron chi connectivity index (χ0n) is 13.1. The van der Waals surface area contributed by atoms with E-state index in [-0.39, 0.29) is 0 Å². The minimum Gasteiger partial charge on any atom is -0.396 e. The molecule has 0 unspecified atom stereocenters. The molecule has 24 heavy (non-hydrogen) atoms. The van der Waals surface area contributed by atoms with Crippen LogP contribution in [0.1, 0.15) is 6.42 Å². The number of hydrogen-bond acceptors (Lipinski definition) is 10. The first-order chi connectivity index (χ1) is 11.3. The van der Waals surface area contributed by atoms with Crippen LogP contribution in [0.2, 0.25) is 0 Å². The standard InChI is InChI=1S/C12H26N4O8/c13-15-8(23)1-10(2-17,3-18)12(6-21,7-22)11(4-19,5-20)9(24)16-14/h17-22H,1-7,13-14H2,(H,15,23)(H,16,24). The predicted molar refractivity (Wildman–Crippen MR) is 79.1 cm³/mol. The number of rotatable bonds is 11. The van der Waals surface area contributed by atoms with Gasteiger partial charge < -0.3 is 30.6 Å². The minimum atomic E-state index is -2.33. The van der Waals surface area contributed by atoms with Gasteiger partial charge in [0.15, 0.2) is 0 Å². The lowest BCUT2D eigenvalue weighted by atomic mass is 9.50. The van der Waals surface area contributed by atoms with E-state index in [9.17, 15) is 40.2 Å². The molecule has 2 amide bonds. The van der Waals surface area contributed by atoms with Gasteiger partial charge in [-0.05, 0) is 0 Å². The molecule has 0 saturated heterocycles. The molecule has 12 heteroatoms. The first-order valence-electron chi connectivity index (χ1n) is 6.96. The molecule has 0 aromatic heterocycles. The molecule has 0 rings (SSSR count). The summed E-state index contributed by atoms with van der Waals surface area (Å²) in [6.07, 6.45) is -0.725. The van der Waals surface area contributed by atoms with E-state index >= 15 is 0 Å². The highest BCUT2D eigenvalue weighted by molar-refractivity contribution is 5.84. The van der Waals surface area contributed by atoms with Crippen LogP contribution in [0.3, 0.4) is 0 Å². The Labute approximate surface area is 138 Å². The Hall–Kier alpha value is -1.38. The maximum absolute atomic E-state index is 12.2. The number of hydrogen-bond donors (Lipinski definition) is 10. The van der Waals surface area contributed by atoms with Crippen molar-refractivity contribution in [3.63, 3.8) is 0 Å². The smallest absolute Gasteiger partial charge is 0.245 e. The van der Waals surface area contributed by atoms with Gasteiger partial charge in [0.1, 0.15) is 5.41 Å². The molecule has 0 aliphatic rings. The van der Waals surface area contributed by atoms with E-state index in [2.05, 4.69) is 0 Å². The number of carbonyl (C=O) groups excluding carboxylic acids is 2. The summed E-state index contributed by atoms with van der Waals surface area (Å²) < 4.78 is 0. The Morgan fingerprint density at radius 2 is 1.21 bits per heavy atom. The van der Waals surface area contributed by atoms with E-state index in [1.807, 2.05) is 0 Å². The number of nitrogens with one attached hydrogen (secondary N) is 2. The molecule has 0 aliphatic heterocycles. The van der Waals surface area contributed by atoms with Crippen molar-refractivity contribution in [1.29, 1.82) is 0 Å². The van der Waals surface area contributed by atoms with Gasteiger partial charge in [-0.15, -0.1) is 0 Å². The monoisotopic (exact) mass is 354 g/mol. The molecule has 0 aromatic carbocycles. The summed E-state index contributed by atoms with van der Waals surface area (Å²) in [6.45, 7) is -6.37. The highest BCUT2D eigenvalue weighted by atomic mass is 16.3. The Morgan fingerprint density at radius 3 is 1.46 bits per heavy atom. The highest BCUT2D eigenvalue weighted by Gasteiger charge is 2.65. The molecule has 0 radical (unpaired) electrons. The maximum atomic E-state index is 12.2. The van der Waals surface area contributed by atoms with Crippen LogP contribution in [-0.4, -0.2) is 82.1 Å². The number of hydrazine groups is 2. The number of aliphatic hydroxyl groups is 6. The number of amides is 2. The summed E-state index contributed by atoms with van der Waals surface area (Å²) in [7, 11) is 0. The predicted octanol–water partition coefficient (Wildman–Crippen LogP) is -5.73. The van der Waals surface area contributed by atoms with Gasteiger partial charge in [0.05, 0.1) is 39.6 Å². The molecule has 142 valence electrons. The van der Waals surface area contributed by atoms with Crippen LogP contribution in [0.5, 0.6) is 0 Å². The van der Waals surface area contributed by atoms with Crippen LogP contribution in [0.15, 0.2) is 0 Å². The minimum absolute atomic E-state index is 0.725. The first kappa shape index (κ1) is 22.6. The summed E-state index contributed by atoms with van der Waals surface area (Å²) >= 11 is 0. The van der Waals surface area contributed by atoms with Gasteiger partial charge in [-0.25, -0.2) is 11.7 Å². The molecule has 12 nitrogen and oxygen atoms in total. The van der Waals surface area contributed by atoms with E-state index in [1.54, 1.807) is 10.9 Å². The van der Waals surface area contributed by atoms with Crippen LogP contribution in [0.4, 0.5) is 0 Å². The van der Waals surface area contributed by atoms with Crippen LogP contribution < -0.4 is 22.5 Å². The third-order valence-electron chi connectivity index (χ3n) is 4.84. The van der Waals surface area contributed by atoms with E-state index < -0.39 is 74.1 Å². The first-order valence-corrected chi connectivity index (χ1v) is 6.96. The van der Waals surface area contributed by atoms with Crippen molar-refractivity contribution in [1.82, 2.24) is 10.9 Å². The second kappa shape index (κ2) is 9.19. The van der Waals surface area contributed by atoms with Crippen LogP contribution >= 0.6 is 0 Å². The SMILES string of the molecule is NNC(=O)CC(CO)(CO)C(CO)(CO)C(CO)(CO)C(=O)NN. The van der Waals surface area contributed by atoms with Crippen molar-refractivity contribution in [2.75, 3.05) is 39.6 Å². The number of nitrogens with two attached hydrogens (primary N) is 2. The van der Waals surface area contributed by atoms with Gasteiger partial charge >= 0.3 is 0 Å². The topological polar surface area (TPSA) is 232 Å². The Bertz CT molecular complexity index is 421. The summed E-state index contributed by atoms with van der Waals surface area (Å²) in [5, 5.41) is 58.9. The molecule has 0 saturated carbocycles. The quantitative estimate of drug-likeness (QED) is 0.0958. The van der Waals surface area contributed by atoms with Crippen LogP contribution in [0, 0.1) is 16.2 Å². The molecule has 0 atom stereocenters. The van der Waals surface area contributed by atoms with Crippen molar-refractivity contribution in [3.8, 4) is 0 Å². The average molecular weight is 354 g/mol. The van der Waals surface area contributed by atoms with Gasteiger partial charge in [0, 0.05) is 17.3 Å². The Kier molecular flexibility index (Phi) is 8.67. The van der Waals surface area contributed by atoms with Gasteiger partial charge in [-0.2, -0.15) is 0 Å². The molecule has 0 heterocycles. The molecule has 0 bridgehead atoms. The summed E-state index contributed by atoms with van der Waals surface area (Å²) in [6, 6.07) is 0. The highest BCUT2D eigenvalue weighted by Crippen LogP contribution is 2.53. The van der Waals surface area contributed by atoms with Crippen molar-refractivity contribution >= 4 is 11.8 Å². The van der Waals surface area contributed by atoms with Gasteiger partial charge in [-0.3, -0.25) is 20.4 Å². The zero-order chi connectivity index (χ0) is 19.0. The van der Waals surface area contributed by atoms with Gasteiger partial charge in [0.25, 0.3) is 0 Å². The van der Waals surface area contributed by atoms with Crippen molar-refractivity contribution < 1.29 is 40.2 Å². The van der Waals surface area contributed by atoms with E-state index in [4.69, 9.17) is 11.7 Å². The van der Waals surface area contributed by atoms with E-state index in [1.165, 1.54) is 0 Å². The molecule has 12 N–H and O–H groups in total. The van der Waals surface area contributed by atoms with Gasteiger partial charge in [0.2, 0.25) is 11.8 Å². The number of carbonyl (C=O) groups is 2. The second-order valence-corrected chi connectivity index (χ2v) is 5.61. The van der Waals surface area contributed by atoms with Crippen molar-refractivity contribution in [2.24, 2.45) is 27.9 Å². The Morgan fingerprint density at radius 1 is 0.750 bits per heavy atom. The lowest BCUT2D eigenvalue weighted by Gasteiger charge is -2.55. The van der Waals surface area contributed by atoms with E-state index in [0.29, 0.717) is 0 Å². The molecule has 0 fully saturated rings. The van der Waals surface area contributed by atoms with Crippen LogP contribution in [-0.2, 0) is 9.59 Å². The maximum Gasteiger partial charge on any atom is 0.245 e. The third kappa shape index (κ3) is 3.22. The molecule has 0 spiro atoms. The third-order valence-corrected chi connectivity index (χ3v) is 4.84. The fourth-order valence-electron chi connectivity index (χ4n) is 3.04. The van der Waals surface area contributed by atoms with Crippen molar-refractivity contribution in [3.05, 3.63) is 0 Å².